The first-order valence-electron chi connectivity index (χ1n) is 35.4. The maximum absolute atomic E-state index is 13.4. The summed E-state index contributed by atoms with van der Waals surface area (Å²) in [6.45, 7) is 1.82. The van der Waals surface area contributed by atoms with Crippen LogP contribution >= 0.6 is 0 Å². The fourth-order valence-corrected chi connectivity index (χ4v) is 12.3. The van der Waals surface area contributed by atoms with E-state index in [-0.39, 0.29) is 18.9 Å². The van der Waals surface area contributed by atoms with Crippen molar-refractivity contribution in [1.82, 2.24) is 5.32 Å². The van der Waals surface area contributed by atoms with Gasteiger partial charge in [-0.1, -0.05) is 251 Å². The lowest BCUT2D eigenvalue weighted by molar-refractivity contribution is -0.379. The SMILES string of the molecule is CCCCCCCCCC/C=C\CCCCCCCCCCCCCCCCCCCC(=O)NC(COC1OC(CO)C(OC2OC(CO)C(OC3OC(CO)C(O)C(O)C3O)C(O)C2O)C(O)C1O)C(O)CCCCCCCCCCCCCCC. The summed E-state index contributed by atoms with van der Waals surface area (Å²) in [5.41, 5.74) is 0. The Morgan fingerprint density at radius 1 is 0.402 bits per heavy atom. The third-order valence-corrected chi connectivity index (χ3v) is 18.1. The van der Waals surface area contributed by atoms with Gasteiger partial charge in [-0.3, -0.25) is 4.79 Å². The molecule has 12 N–H and O–H groups in total. The van der Waals surface area contributed by atoms with Gasteiger partial charge in [0.25, 0.3) is 0 Å². The predicted octanol–water partition coefficient (Wildman–Crippen LogP) is 9.28. The number of unbranched alkanes of at least 4 members (excludes halogenated alkanes) is 37. The molecular weight excluding hydrogens is 1120 g/mol. The number of nitrogens with one attached hydrogen (secondary N) is 1. The summed E-state index contributed by atoms with van der Waals surface area (Å²) in [4.78, 5) is 13.4. The number of hydrogen-bond acceptors (Lipinski definition) is 18. The Hall–Kier alpha value is -1.47. The van der Waals surface area contributed by atoms with Crippen molar-refractivity contribution in [2.24, 2.45) is 0 Å². The Kier molecular flexibility index (Phi) is 46.8. The van der Waals surface area contributed by atoms with Crippen LogP contribution < -0.4 is 5.32 Å². The molecule has 17 unspecified atom stereocenters. The molecule has 0 saturated carbocycles. The number of aliphatic hydroxyl groups is 11. The molecule has 3 fully saturated rings. The van der Waals surface area contributed by atoms with E-state index in [1.165, 1.54) is 205 Å². The average Bonchev–Trinajstić information content (AvgIpc) is 1.69. The molecule has 3 saturated heterocycles. The van der Waals surface area contributed by atoms with E-state index in [0.29, 0.717) is 12.8 Å². The summed E-state index contributed by atoms with van der Waals surface area (Å²) in [7, 11) is 0. The number of hydrogen-bond donors (Lipinski definition) is 12. The van der Waals surface area contributed by atoms with Gasteiger partial charge in [0.2, 0.25) is 5.91 Å². The molecule has 3 heterocycles. The highest BCUT2D eigenvalue weighted by Gasteiger charge is 2.53. The van der Waals surface area contributed by atoms with Gasteiger partial charge in [-0.25, -0.2) is 0 Å². The molecule has 0 aromatic rings. The number of carbonyl (C=O) groups excluding carboxylic acids is 1. The molecule has 87 heavy (non-hydrogen) atoms. The summed E-state index contributed by atoms with van der Waals surface area (Å²) < 4.78 is 34.4. The minimum absolute atomic E-state index is 0.238. The van der Waals surface area contributed by atoms with Crippen LogP contribution in [0.2, 0.25) is 0 Å². The maximum Gasteiger partial charge on any atom is 0.220 e. The summed E-state index contributed by atoms with van der Waals surface area (Å²) in [6, 6.07) is -0.883. The minimum Gasteiger partial charge on any atom is -0.394 e. The van der Waals surface area contributed by atoms with Gasteiger partial charge in [0.05, 0.1) is 38.6 Å². The van der Waals surface area contributed by atoms with Gasteiger partial charge in [-0.15, -0.1) is 0 Å². The zero-order valence-corrected chi connectivity index (χ0v) is 54.3. The number of ether oxygens (including phenoxy) is 6. The predicted molar refractivity (Wildman–Crippen MR) is 337 cm³/mol. The van der Waals surface area contributed by atoms with Gasteiger partial charge in [-0.2, -0.15) is 0 Å². The van der Waals surface area contributed by atoms with Crippen LogP contribution in [0.5, 0.6) is 0 Å². The Morgan fingerprint density at radius 2 is 0.724 bits per heavy atom. The second-order valence-electron chi connectivity index (χ2n) is 25.7. The van der Waals surface area contributed by atoms with Gasteiger partial charge < -0.3 is 89.9 Å². The lowest BCUT2D eigenvalue weighted by atomic mass is 9.96. The standard InChI is InChI=1S/C68H129NO18/c1-3-5-7-9-11-13-15-17-18-19-20-21-22-23-24-25-26-27-28-29-30-31-32-34-36-38-40-42-44-46-56(74)69-51(52(73)45-43-41-39-37-35-33-16-14-12-10-8-6-4-2)50-82-66-62(80)59(77)64(54(48-71)84-66)87-68-63(81)60(78)65(55(49-72)85-68)86-67-61(79)58(76)57(75)53(47-70)83-67/h19-20,51-55,57-68,70-73,75-81H,3-18,21-50H2,1-2H3,(H,69,74)/b20-19-. The van der Waals surface area contributed by atoms with E-state index in [1.54, 1.807) is 0 Å². The Bertz CT molecular complexity index is 1630. The maximum atomic E-state index is 13.4. The summed E-state index contributed by atoms with van der Waals surface area (Å²) in [5, 5.41) is 121. The first-order valence-corrected chi connectivity index (χ1v) is 35.4. The number of rotatable bonds is 55. The molecule has 514 valence electrons. The summed E-state index contributed by atoms with van der Waals surface area (Å²) in [6.07, 6.45) is 28.8. The molecule has 0 aromatic carbocycles. The second kappa shape index (κ2) is 51.0. The van der Waals surface area contributed by atoms with Crippen molar-refractivity contribution < 1.29 is 89.4 Å². The van der Waals surface area contributed by atoms with Crippen molar-refractivity contribution in [3.8, 4) is 0 Å². The Labute approximate surface area is 525 Å². The zero-order valence-electron chi connectivity index (χ0n) is 54.3. The molecule has 17 atom stereocenters. The molecule has 19 nitrogen and oxygen atoms in total. The molecule has 3 aliphatic rings. The molecular formula is C68H129NO18. The summed E-state index contributed by atoms with van der Waals surface area (Å²) >= 11 is 0. The van der Waals surface area contributed by atoms with Gasteiger partial charge in [-0.05, 0) is 38.5 Å². The van der Waals surface area contributed by atoms with Crippen LogP contribution in [-0.2, 0) is 33.2 Å². The van der Waals surface area contributed by atoms with Crippen LogP contribution in [-0.4, -0.2) is 193 Å². The zero-order chi connectivity index (χ0) is 63.3. The quantitative estimate of drug-likeness (QED) is 0.0199. The van der Waals surface area contributed by atoms with Crippen LogP contribution in [0.3, 0.4) is 0 Å². The smallest absolute Gasteiger partial charge is 0.220 e. The van der Waals surface area contributed by atoms with Crippen LogP contribution in [0.15, 0.2) is 12.2 Å². The van der Waals surface area contributed by atoms with Crippen molar-refractivity contribution in [3.05, 3.63) is 12.2 Å². The van der Waals surface area contributed by atoms with E-state index in [2.05, 4.69) is 31.3 Å². The number of allylic oxidation sites excluding steroid dienone is 2. The van der Waals surface area contributed by atoms with Crippen LogP contribution in [0.1, 0.15) is 284 Å². The molecule has 0 aliphatic carbocycles. The van der Waals surface area contributed by atoms with Crippen LogP contribution in [0, 0.1) is 0 Å². The first kappa shape index (κ1) is 79.8. The van der Waals surface area contributed by atoms with E-state index in [9.17, 15) is 61.0 Å². The summed E-state index contributed by atoms with van der Waals surface area (Å²) in [5.74, 6) is -0.238. The third-order valence-electron chi connectivity index (χ3n) is 18.1. The van der Waals surface area contributed by atoms with E-state index in [0.717, 1.165) is 44.9 Å². The molecule has 0 bridgehead atoms. The molecule has 3 aliphatic heterocycles. The van der Waals surface area contributed by atoms with E-state index in [4.69, 9.17) is 28.4 Å². The first-order chi connectivity index (χ1) is 42.3. The molecule has 1 amide bonds. The van der Waals surface area contributed by atoms with Gasteiger partial charge in [0.15, 0.2) is 18.9 Å². The highest BCUT2D eigenvalue weighted by atomic mass is 16.8. The number of carbonyl (C=O) groups is 1. The molecule has 3 rings (SSSR count). The minimum atomic E-state index is -1.97. The van der Waals surface area contributed by atoms with Gasteiger partial charge >= 0.3 is 0 Å². The monoisotopic (exact) mass is 1250 g/mol. The molecule has 0 aromatic heterocycles. The molecule has 0 spiro atoms. The lowest BCUT2D eigenvalue weighted by Gasteiger charge is -2.48. The fraction of sp³-hybridized carbons (Fsp3) is 0.956. The molecule has 19 heteroatoms. The highest BCUT2D eigenvalue weighted by Crippen LogP contribution is 2.33. The largest absolute Gasteiger partial charge is 0.394 e. The van der Waals surface area contributed by atoms with Gasteiger partial charge in [0, 0.05) is 6.42 Å². The van der Waals surface area contributed by atoms with E-state index >= 15 is 0 Å². The topological polar surface area (TPSA) is 307 Å². The third kappa shape index (κ3) is 33.3. The van der Waals surface area contributed by atoms with Crippen LogP contribution in [0.4, 0.5) is 0 Å². The lowest BCUT2D eigenvalue weighted by Crippen LogP contribution is -2.66. The normalized spacial score (nSPS) is 28.6. The van der Waals surface area contributed by atoms with Crippen LogP contribution in [0.25, 0.3) is 0 Å². The average molecular weight is 1250 g/mol. The molecule has 0 radical (unpaired) electrons. The van der Waals surface area contributed by atoms with Crippen molar-refractivity contribution in [2.45, 2.75) is 388 Å². The Balaban J connectivity index is 1.37. The van der Waals surface area contributed by atoms with E-state index < -0.39 is 124 Å². The highest BCUT2D eigenvalue weighted by molar-refractivity contribution is 5.76. The van der Waals surface area contributed by atoms with Gasteiger partial charge in [0.1, 0.15) is 73.2 Å². The van der Waals surface area contributed by atoms with Crippen molar-refractivity contribution >= 4 is 5.91 Å². The fourth-order valence-electron chi connectivity index (χ4n) is 12.3. The van der Waals surface area contributed by atoms with E-state index in [1.807, 2.05) is 0 Å². The Morgan fingerprint density at radius 3 is 1.11 bits per heavy atom. The number of aliphatic hydroxyl groups excluding tert-OH is 11. The van der Waals surface area contributed by atoms with Crippen molar-refractivity contribution in [2.75, 3.05) is 26.4 Å². The second-order valence-corrected chi connectivity index (χ2v) is 25.7. The van der Waals surface area contributed by atoms with Crippen molar-refractivity contribution in [3.63, 3.8) is 0 Å². The number of amides is 1. The van der Waals surface area contributed by atoms with Crippen molar-refractivity contribution in [1.29, 1.82) is 0 Å².